The van der Waals surface area contributed by atoms with Crippen molar-refractivity contribution in [1.29, 1.82) is 0 Å². The largest absolute Gasteiger partial charge is 0.340 e. The molecule has 15 heavy (non-hydrogen) atoms. The normalized spacial score (nSPS) is 10.9. The van der Waals surface area contributed by atoms with Crippen molar-refractivity contribution in [2.45, 2.75) is 0 Å². The zero-order valence-corrected chi connectivity index (χ0v) is 8.48. The number of benzene rings is 1. The van der Waals surface area contributed by atoms with Crippen molar-refractivity contribution in [2.75, 3.05) is 0 Å². The molecule has 0 aliphatic heterocycles. The van der Waals surface area contributed by atoms with Gasteiger partial charge in [0.15, 0.2) is 17.9 Å². The fraction of sp³-hybridized carbons (Fsp3) is 0.100. The molecule has 0 radical (unpaired) electrons. The molecular weight excluding hydrogens is 224 g/mol. The molecule has 78 valence electrons. The maximum absolute atomic E-state index is 13.0. The molecule has 0 fully saturated rings. The summed E-state index contributed by atoms with van der Waals surface area (Å²) in [6.07, 6.45) is 0.554. The van der Waals surface area contributed by atoms with Gasteiger partial charge >= 0.3 is 0 Å². The van der Waals surface area contributed by atoms with E-state index in [-0.39, 0.29) is 10.7 Å². The van der Waals surface area contributed by atoms with E-state index in [1.165, 1.54) is 4.57 Å². The van der Waals surface area contributed by atoms with E-state index in [1.54, 1.807) is 7.05 Å². The molecule has 1 aromatic heterocycles. The number of carbonyl (C=O) groups excluding carboxylic acids is 1. The van der Waals surface area contributed by atoms with Crippen LogP contribution in [-0.4, -0.2) is 10.9 Å². The van der Waals surface area contributed by atoms with E-state index in [0.717, 1.165) is 12.1 Å². The second-order valence-electron chi connectivity index (χ2n) is 3.16. The summed E-state index contributed by atoms with van der Waals surface area (Å²) in [6, 6.07) is 2.00. The van der Waals surface area contributed by atoms with Gasteiger partial charge in [-0.3, -0.25) is 4.79 Å². The highest BCUT2D eigenvalue weighted by molar-refractivity contribution is 6.38. The fourth-order valence-electron chi connectivity index (χ4n) is 1.54. The van der Waals surface area contributed by atoms with E-state index in [1.807, 2.05) is 0 Å². The Bertz CT molecular complexity index is 517. The number of aldehydes is 1. The lowest BCUT2D eigenvalue weighted by Crippen LogP contribution is -1.94. The maximum Gasteiger partial charge on any atom is 0.168 e. The summed E-state index contributed by atoms with van der Waals surface area (Å²) in [7, 11) is 1.56. The minimum Gasteiger partial charge on any atom is -0.340 e. The quantitative estimate of drug-likeness (QED) is 0.689. The molecule has 2 rings (SSSR count). The third-order valence-corrected chi connectivity index (χ3v) is 2.73. The van der Waals surface area contributed by atoms with E-state index in [4.69, 9.17) is 11.6 Å². The summed E-state index contributed by atoms with van der Waals surface area (Å²) < 4.78 is 27.3. The van der Waals surface area contributed by atoms with Crippen molar-refractivity contribution >= 4 is 28.8 Å². The standard InChI is InChI=1S/C10H6ClF2NO/c1-14-8-3-7(13)6(12)2-5(8)10(11)9(14)4-15/h2-4H,1H3. The summed E-state index contributed by atoms with van der Waals surface area (Å²) in [5.74, 6) is -1.94. The Morgan fingerprint density at radius 2 is 1.93 bits per heavy atom. The second-order valence-corrected chi connectivity index (χ2v) is 3.54. The fourth-order valence-corrected chi connectivity index (χ4v) is 1.86. The van der Waals surface area contributed by atoms with Crippen molar-refractivity contribution in [2.24, 2.45) is 7.05 Å². The average Bonchev–Trinajstić information content (AvgIpc) is 2.42. The number of aromatic nitrogens is 1. The molecule has 0 aliphatic carbocycles. The summed E-state index contributed by atoms with van der Waals surface area (Å²) >= 11 is 5.85. The lowest BCUT2D eigenvalue weighted by atomic mass is 10.2. The smallest absolute Gasteiger partial charge is 0.168 e. The molecule has 0 amide bonds. The number of carbonyl (C=O) groups is 1. The molecule has 2 nitrogen and oxygen atoms in total. The molecular formula is C10H6ClF2NO. The van der Waals surface area contributed by atoms with Crippen LogP contribution in [0.1, 0.15) is 10.5 Å². The van der Waals surface area contributed by atoms with E-state index >= 15 is 0 Å². The predicted octanol–water partition coefficient (Wildman–Crippen LogP) is 2.92. The van der Waals surface area contributed by atoms with Crippen LogP contribution in [0.2, 0.25) is 5.02 Å². The summed E-state index contributed by atoms with van der Waals surface area (Å²) in [6.45, 7) is 0. The minimum absolute atomic E-state index is 0.140. The molecule has 0 atom stereocenters. The Labute approximate surface area is 89.1 Å². The zero-order chi connectivity index (χ0) is 11.2. The molecule has 0 spiro atoms. The van der Waals surface area contributed by atoms with E-state index in [9.17, 15) is 13.6 Å². The van der Waals surface area contributed by atoms with Gasteiger partial charge in [-0.25, -0.2) is 8.78 Å². The first-order valence-electron chi connectivity index (χ1n) is 4.14. The molecule has 0 unspecified atom stereocenters. The minimum atomic E-state index is -0.979. The topological polar surface area (TPSA) is 22.0 Å². The summed E-state index contributed by atoms with van der Waals surface area (Å²) in [5, 5.41) is 0.474. The highest BCUT2D eigenvalue weighted by Crippen LogP contribution is 2.30. The number of hydrogen-bond acceptors (Lipinski definition) is 1. The third kappa shape index (κ3) is 1.33. The Balaban J connectivity index is 2.96. The Morgan fingerprint density at radius 3 is 2.53 bits per heavy atom. The summed E-state index contributed by atoms with van der Waals surface area (Å²) in [4.78, 5) is 10.7. The maximum atomic E-state index is 13.0. The number of hydrogen-bond donors (Lipinski definition) is 0. The van der Waals surface area contributed by atoms with Crippen molar-refractivity contribution in [3.8, 4) is 0 Å². The Morgan fingerprint density at radius 1 is 1.33 bits per heavy atom. The van der Waals surface area contributed by atoms with Gasteiger partial charge in [0.05, 0.1) is 10.5 Å². The van der Waals surface area contributed by atoms with Crippen LogP contribution in [0.25, 0.3) is 10.9 Å². The molecule has 0 aliphatic rings. The van der Waals surface area contributed by atoms with E-state index < -0.39 is 11.6 Å². The monoisotopic (exact) mass is 229 g/mol. The van der Waals surface area contributed by atoms with Crippen LogP contribution in [-0.2, 0) is 7.05 Å². The average molecular weight is 230 g/mol. The number of aryl methyl sites for hydroxylation is 1. The molecule has 5 heteroatoms. The lowest BCUT2D eigenvalue weighted by Gasteiger charge is -1.97. The van der Waals surface area contributed by atoms with Crippen molar-refractivity contribution in [3.05, 3.63) is 34.5 Å². The number of rotatable bonds is 1. The van der Waals surface area contributed by atoms with Gasteiger partial charge in [0.2, 0.25) is 0 Å². The van der Waals surface area contributed by atoms with E-state index in [0.29, 0.717) is 17.2 Å². The molecule has 0 saturated heterocycles. The van der Waals surface area contributed by atoms with Crippen LogP contribution >= 0.6 is 11.6 Å². The van der Waals surface area contributed by atoms with Crippen LogP contribution in [0.5, 0.6) is 0 Å². The van der Waals surface area contributed by atoms with Gasteiger partial charge in [0, 0.05) is 18.5 Å². The van der Waals surface area contributed by atoms with Gasteiger partial charge in [-0.1, -0.05) is 11.6 Å². The number of fused-ring (bicyclic) bond motifs is 1. The number of halogens is 3. The third-order valence-electron chi connectivity index (χ3n) is 2.33. The van der Waals surface area contributed by atoms with E-state index in [2.05, 4.69) is 0 Å². The number of nitrogens with zero attached hydrogens (tertiary/aromatic N) is 1. The van der Waals surface area contributed by atoms with Crippen molar-refractivity contribution in [3.63, 3.8) is 0 Å². The van der Waals surface area contributed by atoms with Crippen molar-refractivity contribution < 1.29 is 13.6 Å². The van der Waals surface area contributed by atoms with Gasteiger partial charge in [-0.15, -0.1) is 0 Å². The molecule has 0 saturated carbocycles. The van der Waals surface area contributed by atoms with Gasteiger partial charge < -0.3 is 4.57 Å². The van der Waals surface area contributed by atoms with Crippen LogP contribution in [0.3, 0.4) is 0 Å². The zero-order valence-electron chi connectivity index (χ0n) is 7.72. The first-order chi connectivity index (χ1) is 7.06. The van der Waals surface area contributed by atoms with Gasteiger partial charge in [-0.2, -0.15) is 0 Å². The van der Waals surface area contributed by atoms with Crippen molar-refractivity contribution in [1.82, 2.24) is 4.57 Å². The second kappa shape index (κ2) is 3.31. The van der Waals surface area contributed by atoms with Crippen LogP contribution in [0, 0.1) is 11.6 Å². The highest BCUT2D eigenvalue weighted by atomic mass is 35.5. The molecule has 1 aromatic carbocycles. The SMILES string of the molecule is Cn1c(C=O)c(Cl)c2cc(F)c(F)cc21. The first-order valence-corrected chi connectivity index (χ1v) is 4.52. The Kier molecular flexibility index (Phi) is 2.23. The molecule has 0 bridgehead atoms. The van der Waals surface area contributed by atoms with Crippen LogP contribution < -0.4 is 0 Å². The predicted molar refractivity (Wildman–Crippen MR) is 53.2 cm³/mol. The summed E-state index contributed by atoms with van der Waals surface area (Å²) in [5.41, 5.74) is 0.595. The molecule has 1 heterocycles. The lowest BCUT2D eigenvalue weighted by molar-refractivity contribution is 0.111. The van der Waals surface area contributed by atoms with Gasteiger partial charge in [0.25, 0.3) is 0 Å². The van der Waals surface area contributed by atoms with Gasteiger partial charge in [0.1, 0.15) is 5.69 Å². The van der Waals surface area contributed by atoms with Gasteiger partial charge in [-0.05, 0) is 6.07 Å². The molecule has 2 aromatic rings. The molecule has 0 N–H and O–H groups in total. The van der Waals surface area contributed by atoms with Crippen LogP contribution in [0.15, 0.2) is 12.1 Å². The first kappa shape index (κ1) is 10.1. The Hall–Kier alpha value is -1.42. The van der Waals surface area contributed by atoms with Crippen LogP contribution in [0.4, 0.5) is 8.78 Å². The highest BCUT2D eigenvalue weighted by Gasteiger charge is 2.15.